The minimum atomic E-state index is -3.88. The van der Waals surface area contributed by atoms with Crippen molar-refractivity contribution >= 4 is 38.9 Å². The lowest BCUT2D eigenvalue weighted by molar-refractivity contribution is 0.0746. The van der Waals surface area contributed by atoms with Crippen LogP contribution in [0.3, 0.4) is 0 Å². The molecule has 1 heterocycles. The van der Waals surface area contributed by atoms with Gasteiger partial charge in [-0.1, -0.05) is 48.0 Å². The number of benzene rings is 3. The molecule has 0 aliphatic carbocycles. The van der Waals surface area contributed by atoms with Crippen molar-refractivity contribution in [2.24, 2.45) is 0 Å². The van der Waals surface area contributed by atoms with Crippen LogP contribution in [0, 0.1) is 0 Å². The molecule has 1 amide bonds. The molecule has 160 valence electrons. The average molecular weight is 456 g/mol. The maximum absolute atomic E-state index is 13.0. The fourth-order valence-electron chi connectivity index (χ4n) is 3.53. The summed E-state index contributed by atoms with van der Waals surface area (Å²) in [5, 5.41) is 0.301. The van der Waals surface area contributed by atoms with Gasteiger partial charge in [-0.2, -0.15) is 0 Å². The molecule has 0 atom stereocenters. The predicted octanol–water partition coefficient (Wildman–Crippen LogP) is 4.10. The third kappa shape index (κ3) is 4.84. The Morgan fingerprint density at radius 2 is 1.52 bits per heavy atom. The van der Waals surface area contributed by atoms with Crippen LogP contribution in [0.4, 0.5) is 11.4 Å². The lowest BCUT2D eigenvalue weighted by Gasteiger charge is -2.36. The van der Waals surface area contributed by atoms with Crippen molar-refractivity contribution in [3.05, 3.63) is 89.4 Å². The van der Waals surface area contributed by atoms with Gasteiger partial charge in [0.1, 0.15) is 0 Å². The number of carbonyl (C=O) groups is 1. The maximum atomic E-state index is 13.0. The molecule has 1 aliphatic heterocycles. The fraction of sp³-hybridized carbons (Fsp3) is 0.174. The summed E-state index contributed by atoms with van der Waals surface area (Å²) in [6.07, 6.45) is 0. The maximum Gasteiger partial charge on any atom is 0.261 e. The molecule has 6 nitrogen and oxygen atoms in total. The van der Waals surface area contributed by atoms with Crippen molar-refractivity contribution in [1.82, 2.24) is 4.90 Å². The molecule has 31 heavy (non-hydrogen) atoms. The number of amides is 1. The third-order valence-corrected chi connectivity index (χ3v) is 6.89. The van der Waals surface area contributed by atoms with Crippen LogP contribution < -0.4 is 9.62 Å². The van der Waals surface area contributed by atoms with Gasteiger partial charge in [-0.05, 0) is 42.5 Å². The Kier molecular flexibility index (Phi) is 6.15. The van der Waals surface area contributed by atoms with Gasteiger partial charge in [0.05, 0.1) is 15.6 Å². The Balaban J connectivity index is 1.47. The molecule has 0 radical (unpaired) electrons. The molecular formula is C23H22ClN3O3S. The second-order valence-electron chi connectivity index (χ2n) is 7.23. The highest BCUT2D eigenvalue weighted by Crippen LogP contribution is 2.25. The minimum Gasteiger partial charge on any atom is -0.368 e. The number of nitrogens with zero attached hydrogens (tertiary/aromatic N) is 2. The third-order valence-electron chi connectivity index (χ3n) is 5.20. The van der Waals surface area contributed by atoms with Gasteiger partial charge in [0.2, 0.25) is 0 Å². The van der Waals surface area contributed by atoms with E-state index in [2.05, 4.69) is 21.8 Å². The van der Waals surface area contributed by atoms with Gasteiger partial charge in [-0.3, -0.25) is 9.52 Å². The van der Waals surface area contributed by atoms with Gasteiger partial charge < -0.3 is 9.80 Å². The van der Waals surface area contributed by atoms with E-state index in [1.54, 1.807) is 41.3 Å². The van der Waals surface area contributed by atoms with Gasteiger partial charge >= 0.3 is 0 Å². The number of halogens is 1. The van der Waals surface area contributed by atoms with Crippen LogP contribution in [0.15, 0.2) is 83.8 Å². The van der Waals surface area contributed by atoms with Crippen molar-refractivity contribution in [3.63, 3.8) is 0 Å². The number of rotatable bonds is 5. The number of anilines is 2. The second-order valence-corrected chi connectivity index (χ2v) is 9.32. The first-order valence-electron chi connectivity index (χ1n) is 9.91. The highest BCUT2D eigenvalue weighted by atomic mass is 35.5. The molecule has 3 aromatic carbocycles. The normalized spacial score (nSPS) is 14.4. The zero-order chi connectivity index (χ0) is 21.8. The molecule has 0 unspecified atom stereocenters. The lowest BCUT2D eigenvalue weighted by Crippen LogP contribution is -2.48. The molecule has 4 rings (SSSR count). The Labute approximate surface area is 187 Å². The van der Waals surface area contributed by atoms with Crippen LogP contribution in [0.1, 0.15) is 10.4 Å². The van der Waals surface area contributed by atoms with Crippen LogP contribution in [0.5, 0.6) is 0 Å². The zero-order valence-corrected chi connectivity index (χ0v) is 18.3. The van der Waals surface area contributed by atoms with Crippen LogP contribution in [0.2, 0.25) is 5.02 Å². The van der Waals surface area contributed by atoms with E-state index in [9.17, 15) is 13.2 Å². The fourth-order valence-corrected chi connectivity index (χ4v) is 4.90. The zero-order valence-electron chi connectivity index (χ0n) is 16.7. The van der Waals surface area contributed by atoms with E-state index in [0.717, 1.165) is 18.8 Å². The van der Waals surface area contributed by atoms with Crippen molar-refractivity contribution in [2.75, 3.05) is 35.8 Å². The van der Waals surface area contributed by atoms with Gasteiger partial charge in [0.15, 0.2) is 0 Å². The molecule has 0 aromatic heterocycles. The number of carbonyl (C=O) groups excluding carboxylic acids is 1. The van der Waals surface area contributed by atoms with E-state index in [1.807, 2.05) is 18.2 Å². The van der Waals surface area contributed by atoms with Crippen LogP contribution in [-0.2, 0) is 10.0 Å². The monoisotopic (exact) mass is 455 g/mol. The number of nitrogens with one attached hydrogen (secondary N) is 1. The van der Waals surface area contributed by atoms with E-state index >= 15 is 0 Å². The number of sulfonamides is 1. The van der Waals surface area contributed by atoms with Gasteiger partial charge in [-0.15, -0.1) is 0 Å². The van der Waals surface area contributed by atoms with E-state index in [-0.39, 0.29) is 16.5 Å². The minimum absolute atomic E-state index is 0.0150. The van der Waals surface area contributed by atoms with E-state index < -0.39 is 10.0 Å². The molecular weight excluding hydrogens is 434 g/mol. The van der Waals surface area contributed by atoms with Crippen molar-refractivity contribution in [3.8, 4) is 0 Å². The van der Waals surface area contributed by atoms with Crippen molar-refractivity contribution < 1.29 is 13.2 Å². The smallest absolute Gasteiger partial charge is 0.261 e. The summed E-state index contributed by atoms with van der Waals surface area (Å²) >= 11 is 6.07. The molecule has 1 aliphatic rings. The van der Waals surface area contributed by atoms with Crippen molar-refractivity contribution in [1.29, 1.82) is 0 Å². The second kappa shape index (κ2) is 8.99. The molecule has 0 spiro atoms. The lowest BCUT2D eigenvalue weighted by atomic mass is 10.1. The topological polar surface area (TPSA) is 69.7 Å². The first-order valence-corrected chi connectivity index (χ1v) is 11.8. The van der Waals surface area contributed by atoms with Crippen LogP contribution in [0.25, 0.3) is 0 Å². The Morgan fingerprint density at radius 1 is 0.839 bits per heavy atom. The molecule has 8 heteroatoms. The van der Waals surface area contributed by atoms with E-state index in [4.69, 9.17) is 11.6 Å². The summed E-state index contributed by atoms with van der Waals surface area (Å²) in [6.45, 7) is 2.59. The summed E-state index contributed by atoms with van der Waals surface area (Å²) in [5.41, 5.74) is 1.77. The Morgan fingerprint density at radius 3 is 2.23 bits per heavy atom. The molecule has 1 N–H and O–H groups in total. The number of para-hydroxylation sites is 2. The van der Waals surface area contributed by atoms with Gasteiger partial charge in [0, 0.05) is 37.4 Å². The van der Waals surface area contributed by atoms with Crippen molar-refractivity contribution in [2.45, 2.75) is 4.90 Å². The summed E-state index contributed by atoms with van der Waals surface area (Å²) < 4.78 is 28.1. The molecule has 1 fully saturated rings. The number of piperazine rings is 1. The highest BCUT2D eigenvalue weighted by molar-refractivity contribution is 7.92. The Hall–Kier alpha value is -3.03. The first-order chi connectivity index (χ1) is 14.9. The molecule has 1 saturated heterocycles. The quantitative estimate of drug-likeness (QED) is 0.628. The predicted molar refractivity (Wildman–Crippen MR) is 123 cm³/mol. The summed E-state index contributed by atoms with van der Waals surface area (Å²) in [4.78, 5) is 17.0. The van der Waals surface area contributed by atoms with Gasteiger partial charge in [-0.25, -0.2) is 8.42 Å². The SMILES string of the molecule is O=C(c1cccc(S(=O)(=O)Nc2ccccc2Cl)c1)N1CCN(c2ccccc2)CC1. The molecule has 3 aromatic rings. The Bertz CT molecular complexity index is 1180. The first kappa shape index (κ1) is 21.2. The number of hydrogen-bond acceptors (Lipinski definition) is 4. The molecule has 0 bridgehead atoms. The summed E-state index contributed by atoms with van der Waals surface area (Å²) in [5.74, 6) is -0.178. The van der Waals surface area contributed by atoms with E-state index in [1.165, 1.54) is 12.1 Å². The summed E-state index contributed by atoms with van der Waals surface area (Å²) in [6, 6.07) is 22.8. The number of hydrogen-bond donors (Lipinski definition) is 1. The average Bonchev–Trinajstić information content (AvgIpc) is 2.81. The summed E-state index contributed by atoms with van der Waals surface area (Å²) in [7, 11) is -3.88. The van der Waals surface area contributed by atoms with Crippen LogP contribution in [-0.4, -0.2) is 45.4 Å². The largest absolute Gasteiger partial charge is 0.368 e. The standard InChI is InChI=1S/C23H22ClN3O3S/c24-21-11-4-5-12-22(21)25-31(29,30)20-10-6-7-18(17-20)23(28)27-15-13-26(14-16-27)19-8-2-1-3-9-19/h1-12,17,25H,13-16H2. The van der Waals surface area contributed by atoms with E-state index in [0.29, 0.717) is 23.7 Å². The van der Waals surface area contributed by atoms with Crippen LogP contribution >= 0.6 is 11.6 Å². The van der Waals surface area contributed by atoms with Gasteiger partial charge in [0.25, 0.3) is 15.9 Å². The highest BCUT2D eigenvalue weighted by Gasteiger charge is 2.24. The molecule has 0 saturated carbocycles.